The van der Waals surface area contributed by atoms with E-state index in [4.69, 9.17) is 10.5 Å². The van der Waals surface area contributed by atoms with E-state index in [0.717, 1.165) is 38.6 Å². The fraction of sp³-hybridized carbons (Fsp3) is 0.929. The summed E-state index contributed by atoms with van der Waals surface area (Å²) >= 11 is 0. The number of hydrogen-bond acceptors (Lipinski definition) is 3. The second-order valence-electron chi connectivity index (χ2n) is 5.06. The van der Waals surface area contributed by atoms with Gasteiger partial charge >= 0.3 is 5.97 Å². The summed E-state index contributed by atoms with van der Waals surface area (Å²) in [7, 11) is 0. The van der Waals surface area contributed by atoms with Crippen LogP contribution in [0.2, 0.25) is 0 Å². The van der Waals surface area contributed by atoms with Gasteiger partial charge in [0, 0.05) is 6.42 Å². The Kier molecular flexibility index (Phi) is 8.06. The maximum Gasteiger partial charge on any atom is 0.306 e. The minimum atomic E-state index is -0.00686. The van der Waals surface area contributed by atoms with Crippen LogP contribution in [0.5, 0.6) is 0 Å². The van der Waals surface area contributed by atoms with Gasteiger partial charge in [-0.2, -0.15) is 0 Å². The smallest absolute Gasteiger partial charge is 0.306 e. The van der Waals surface area contributed by atoms with Crippen molar-refractivity contribution < 1.29 is 9.53 Å². The Morgan fingerprint density at radius 2 is 1.65 bits per heavy atom. The molecule has 0 heterocycles. The second kappa shape index (κ2) is 9.46. The first kappa shape index (κ1) is 14.5. The van der Waals surface area contributed by atoms with Crippen LogP contribution in [0, 0.1) is 0 Å². The van der Waals surface area contributed by atoms with Crippen molar-refractivity contribution in [3.63, 3.8) is 0 Å². The lowest BCUT2D eigenvalue weighted by atomic mass is 9.98. The Hall–Kier alpha value is -0.570. The average Bonchev–Trinajstić information content (AvgIpc) is 2.28. The topological polar surface area (TPSA) is 52.3 Å². The molecular weight excluding hydrogens is 214 g/mol. The highest BCUT2D eigenvalue weighted by molar-refractivity contribution is 5.69. The third kappa shape index (κ3) is 7.37. The van der Waals surface area contributed by atoms with Crippen molar-refractivity contribution in [1.29, 1.82) is 0 Å². The van der Waals surface area contributed by atoms with Crippen molar-refractivity contribution in [2.75, 3.05) is 6.54 Å². The van der Waals surface area contributed by atoms with E-state index in [0.29, 0.717) is 6.42 Å². The van der Waals surface area contributed by atoms with Crippen LogP contribution in [0.1, 0.15) is 70.6 Å². The largest absolute Gasteiger partial charge is 0.462 e. The maximum absolute atomic E-state index is 11.6. The molecule has 100 valence electrons. The number of unbranched alkanes of at least 4 members (excludes halogenated alkanes) is 2. The number of carbonyl (C=O) groups is 1. The monoisotopic (exact) mass is 241 g/mol. The van der Waals surface area contributed by atoms with Crippen molar-refractivity contribution in [1.82, 2.24) is 0 Å². The van der Waals surface area contributed by atoms with Gasteiger partial charge in [-0.1, -0.05) is 25.7 Å². The molecule has 1 rings (SSSR count). The van der Waals surface area contributed by atoms with E-state index in [2.05, 4.69) is 0 Å². The Morgan fingerprint density at radius 3 is 2.29 bits per heavy atom. The quantitative estimate of drug-likeness (QED) is 0.574. The predicted octanol–water partition coefficient (Wildman–Crippen LogP) is 3.16. The molecule has 17 heavy (non-hydrogen) atoms. The van der Waals surface area contributed by atoms with E-state index >= 15 is 0 Å². The number of hydrogen-bond donors (Lipinski definition) is 1. The summed E-state index contributed by atoms with van der Waals surface area (Å²) in [6, 6.07) is 0. The van der Waals surface area contributed by atoms with Gasteiger partial charge in [-0.3, -0.25) is 4.79 Å². The number of esters is 1. The molecule has 0 atom stereocenters. The van der Waals surface area contributed by atoms with Gasteiger partial charge in [0.25, 0.3) is 0 Å². The van der Waals surface area contributed by atoms with Gasteiger partial charge in [0.05, 0.1) is 0 Å². The molecule has 0 aliphatic heterocycles. The lowest BCUT2D eigenvalue weighted by molar-refractivity contribution is -0.150. The van der Waals surface area contributed by atoms with Crippen LogP contribution in [-0.2, 0) is 9.53 Å². The van der Waals surface area contributed by atoms with Crippen LogP contribution in [0.4, 0.5) is 0 Å². The van der Waals surface area contributed by atoms with E-state index in [1.54, 1.807) is 0 Å². The van der Waals surface area contributed by atoms with E-state index < -0.39 is 0 Å². The summed E-state index contributed by atoms with van der Waals surface area (Å²) in [6.07, 6.45) is 12.2. The van der Waals surface area contributed by atoms with Crippen LogP contribution >= 0.6 is 0 Å². The van der Waals surface area contributed by atoms with Crippen LogP contribution in [0.3, 0.4) is 0 Å². The molecule has 0 aromatic rings. The summed E-state index contributed by atoms with van der Waals surface area (Å²) < 4.78 is 5.54. The second-order valence-corrected chi connectivity index (χ2v) is 5.06. The molecule has 3 heteroatoms. The zero-order valence-electron chi connectivity index (χ0n) is 11.0. The van der Waals surface area contributed by atoms with Gasteiger partial charge in [0.2, 0.25) is 0 Å². The van der Waals surface area contributed by atoms with Crippen LogP contribution in [-0.4, -0.2) is 18.6 Å². The normalized spacial score (nSPS) is 18.4. The molecule has 1 aliphatic carbocycles. The van der Waals surface area contributed by atoms with Gasteiger partial charge in [-0.25, -0.2) is 0 Å². The average molecular weight is 241 g/mol. The van der Waals surface area contributed by atoms with E-state index in [-0.39, 0.29) is 12.1 Å². The number of nitrogens with two attached hydrogens (primary N) is 1. The van der Waals surface area contributed by atoms with E-state index in [9.17, 15) is 4.79 Å². The van der Waals surface area contributed by atoms with Crippen molar-refractivity contribution in [3.05, 3.63) is 0 Å². The van der Waals surface area contributed by atoms with Crippen LogP contribution in [0.15, 0.2) is 0 Å². The van der Waals surface area contributed by atoms with E-state index in [1.165, 1.54) is 32.1 Å². The van der Waals surface area contributed by atoms with Crippen molar-refractivity contribution in [3.8, 4) is 0 Å². The molecule has 0 unspecified atom stereocenters. The molecule has 0 aromatic carbocycles. The molecule has 0 bridgehead atoms. The lowest BCUT2D eigenvalue weighted by Crippen LogP contribution is -2.19. The van der Waals surface area contributed by atoms with Gasteiger partial charge in [0.1, 0.15) is 6.10 Å². The minimum absolute atomic E-state index is 0.00686. The first-order valence-corrected chi connectivity index (χ1v) is 7.22. The Labute approximate surface area is 105 Å². The zero-order valence-corrected chi connectivity index (χ0v) is 11.0. The minimum Gasteiger partial charge on any atom is -0.462 e. The standard InChI is InChI=1S/C14H27NO2/c15-12-8-4-7-11-14(16)17-13-9-5-2-1-3-6-10-13/h13H,1-12,15H2. The maximum atomic E-state index is 11.6. The van der Waals surface area contributed by atoms with Crippen molar-refractivity contribution in [2.45, 2.75) is 76.7 Å². The highest BCUT2D eigenvalue weighted by atomic mass is 16.5. The fourth-order valence-corrected chi connectivity index (χ4v) is 2.37. The molecule has 2 N–H and O–H groups in total. The molecule has 3 nitrogen and oxygen atoms in total. The molecular formula is C14H27NO2. The molecule has 0 aromatic heterocycles. The molecule has 1 aliphatic rings. The lowest BCUT2D eigenvalue weighted by Gasteiger charge is -2.20. The summed E-state index contributed by atoms with van der Waals surface area (Å²) in [6.45, 7) is 0.720. The van der Waals surface area contributed by atoms with Crippen molar-refractivity contribution in [2.24, 2.45) is 5.73 Å². The van der Waals surface area contributed by atoms with Crippen molar-refractivity contribution >= 4 is 5.97 Å². The summed E-state index contributed by atoms with van der Waals surface area (Å²) in [4.78, 5) is 11.6. The van der Waals surface area contributed by atoms with Crippen LogP contribution < -0.4 is 5.73 Å². The van der Waals surface area contributed by atoms with E-state index in [1.807, 2.05) is 0 Å². The van der Waals surface area contributed by atoms with Gasteiger partial charge in [0.15, 0.2) is 0 Å². The zero-order chi connectivity index (χ0) is 12.3. The first-order valence-electron chi connectivity index (χ1n) is 7.22. The van der Waals surface area contributed by atoms with Gasteiger partial charge in [-0.15, -0.1) is 0 Å². The number of carbonyl (C=O) groups excluding carboxylic acids is 1. The molecule has 0 spiro atoms. The van der Waals surface area contributed by atoms with Gasteiger partial charge < -0.3 is 10.5 Å². The Balaban J connectivity index is 2.10. The van der Waals surface area contributed by atoms with Crippen LogP contribution in [0.25, 0.3) is 0 Å². The fourth-order valence-electron chi connectivity index (χ4n) is 2.37. The third-order valence-corrected chi connectivity index (χ3v) is 3.44. The SMILES string of the molecule is NCCCCCC(=O)OC1CCCCCCC1. The first-order chi connectivity index (χ1) is 8.33. The number of rotatable bonds is 6. The summed E-state index contributed by atoms with van der Waals surface area (Å²) in [5, 5.41) is 0. The predicted molar refractivity (Wildman–Crippen MR) is 69.7 cm³/mol. The number of ether oxygens (including phenoxy) is 1. The molecule has 1 fully saturated rings. The molecule has 0 saturated heterocycles. The highest BCUT2D eigenvalue weighted by Crippen LogP contribution is 2.20. The highest BCUT2D eigenvalue weighted by Gasteiger charge is 2.15. The Morgan fingerprint density at radius 1 is 1.00 bits per heavy atom. The third-order valence-electron chi connectivity index (χ3n) is 3.44. The summed E-state index contributed by atoms with van der Waals surface area (Å²) in [5.41, 5.74) is 5.41. The molecule has 0 radical (unpaired) electrons. The summed E-state index contributed by atoms with van der Waals surface area (Å²) in [5.74, 6) is -0.00686. The molecule has 0 amide bonds. The van der Waals surface area contributed by atoms with Gasteiger partial charge in [-0.05, 0) is 45.1 Å². The molecule has 1 saturated carbocycles. The Bertz CT molecular complexity index is 198.